The molecule has 5 rings (SSSR count). The molecule has 210 valence electrons. The van der Waals surface area contributed by atoms with E-state index >= 15 is 0 Å². The van der Waals surface area contributed by atoms with E-state index in [4.69, 9.17) is 42.3 Å². The molecule has 0 N–H and O–H groups in total. The first kappa shape index (κ1) is 27.0. The third-order valence-corrected chi connectivity index (χ3v) is 6.69. The molecule has 1 aliphatic rings. The number of methoxy groups -OCH3 is 6. The molecular weight excluding hydrogens is 520 g/mol. The second-order valence-electron chi connectivity index (χ2n) is 8.92. The van der Waals surface area contributed by atoms with E-state index in [-0.39, 0.29) is 34.5 Å². The normalized spacial score (nSPS) is 15.9. The third-order valence-electron chi connectivity index (χ3n) is 6.69. The standard InChI is InChI=1S/C30H30O10/c1-32-15-25-28(16-7-9-19(34-3)21(11-16)35-4)39-22-12-17(8-10-20(22)38-25)29-30(37-6)27(31)26-23(36-5)13-18(33-2)14-24(26)40-29/h7-14,25,28H,15H2,1-6H3/t25-,28-/m0/s1. The summed E-state index contributed by atoms with van der Waals surface area (Å²) in [5.74, 6) is 3.19. The van der Waals surface area contributed by atoms with E-state index in [2.05, 4.69) is 0 Å². The quantitative estimate of drug-likeness (QED) is 0.282. The SMILES string of the molecule is COC[C@@H]1Oc2ccc(-c3oc4cc(OC)cc(OC)c4c(=O)c3OC)cc2O[C@H]1c1ccc(OC)c(OC)c1. The zero-order valence-corrected chi connectivity index (χ0v) is 23.1. The van der Waals surface area contributed by atoms with E-state index in [1.807, 2.05) is 18.2 Å². The van der Waals surface area contributed by atoms with Crippen LogP contribution in [-0.4, -0.2) is 55.4 Å². The van der Waals surface area contributed by atoms with Crippen molar-refractivity contribution >= 4 is 11.0 Å². The van der Waals surface area contributed by atoms with E-state index < -0.39 is 12.2 Å². The summed E-state index contributed by atoms with van der Waals surface area (Å²) >= 11 is 0. The molecule has 1 aromatic heterocycles. The highest BCUT2D eigenvalue weighted by Crippen LogP contribution is 2.45. The summed E-state index contributed by atoms with van der Waals surface area (Å²) in [5, 5.41) is 0.248. The van der Waals surface area contributed by atoms with E-state index in [9.17, 15) is 4.79 Å². The molecule has 40 heavy (non-hydrogen) atoms. The average molecular weight is 551 g/mol. The maximum Gasteiger partial charge on any atom is 0.239 e. The van der Waals surface area contributed by atoms with E-state index in [1.54, 1.807) is 51.7 Å². The molecule has 0 fully saturated rings. The summed E-state index contributed by atoms with van der Waals surface area (Å²) in [6.07, 6.45) is -0.962. The maximum absolute atomic E-state index is 13.5. The lowest BCUT2D eigenvalue weighted by Gasteiger charge is -2.34. The lowest BCUT2D eigenvalue weighted by Crippen LogP contribution is -2.36. The van der Waals surface area contributed by atoms with Crippen LogP contribution in [0.5, 0.6) is 40.2 Å². The predicted octanol–water partition coefficient (Wildman–Crippen LogP) is 5.03. The minimum Gasteiger partial charge on any atom is -0.496 e. The van der Waals surface area contributed by atoms with Crippen molar-refractivity contribution in [1.29, 1.82) is 0 Å². The molecule has 2 heterocycles. The van der Waals surface area contributed by atoms with Gasteiger partial charge >= 0.3 is 0 Å². The molecule has 0 radical (unpaired) electrons. The van der Waals surface area contributed by atoms with Gasteiger partial charge in [0, 0.05) is 30.4 Å². The first-order valence-corrected chi connectivity index (χ1v) is 12.4. The van der Waals surface area contributed by atoms with Gasteiger partial charge in [0.2, 0.25) is 11.2 Å². The molecule has 0 aliphatic carbocycles. The Morgan fingerprint density at radius 2 is 1.50 bits per heavy atom. The van der Waals surface area contributed by atoms with Crippen molar-refractivity contribution in [2.24, 2.45) is 0 Å². The van der Waals surface area contributed by atoms with Gasteiger partial charge in [-0.1, -0.05) is 6.07 Å². The molecule has 0 unspecified atom stereocenters. The fourth-order valence-corrected chi connectivity index (χ4v) is 4.77. The summed E-state index contributed by atoms with van der Waals surface area (Å²) in [7, 11) is 9.17. The van der Waals surface area contributed by atoms with Crippen LogP contribution in [0.1, 0.15) is 11.7 Å². The summed E-state index contributed by atoms with van der Waals surface area (Å²) in [6.45, 7) is 0.289. The van der Waals surface area contributed by atoms with Crippen molar-refractivity contribution in [3.63, 3.8) is 0 Å². The average Bonchev–Trinajstić information content (AvgIpc) is 2.99. The Morgan fingerprint density at radius 3 is 2.17 bits per heavy atom. The molecule has 3 aromatic carbocycles. The van der Waals surface area contributed by atoms with Crippen molar-refractivity contribution in [3.8, 4) is 51.6 Å². The Balaban J connectivity index is 1.61. The van der Waals surface area contributed by atoms with Crippen LogP contribution in [0.2, 0.25) is 0 Å². The number of benzene rings is 3. The van der Waals surface area contributed by atoms with Crippen molar-refractivity contribution < 1.29 is 42.3 Å². The second-order valence-corrected chi connectivity index (χ2v) is 8.92. The van der Waals surface area contributed by atoms with Crippen LogP contribution in [-0.2, 0) is 4.74 Å². The molecule has 10 heteroatoms. The van der Waals surface area contributed by atoms with Gasteiger partial charge in [-0.2, -0.15) is 0 Å². The van der Waals surface area contributed by atoms with E-state index in [0.717, 1.165) is 5.56 Å². The highest BCUT2D eigenvalue weighted by Gasteiger charge is 2.34. The molecule has 0 amide bonds. The number of rotatable bonds is 9. The largest absolute Gasteiger partial charge is 0.496 e. The number of hydrogen-bond donors (Lipinski definition) is 0. The van der Waals surface area contributed by atoms with Gasteiger partial charge in [-0.15, -0.1) is 0 Å². The van der Waals surface area contributed by atoms with E-state index in [1.165, 1.54) is 21.3 Å². The zero-order chi connectivity index (χ0) is 28.4. The highest BCUT2D eigenvalue weighted by molar-refractivity contribution is 5.88. The summed E-state index contributed by atoms with van der Waals surface area (Å²) < 4.78 is 51.6. The van der Waals surface area contributed by atoms with Crippen LogP contribution >= 0.6 is 0 Å². The first-order valence-electron chi connectivity index (χ1n) is 12.4. The van der Waals surface area contributed by atoms with Gasteiger partial charge in [-0.3, -0.25) is 4.79 Å². The molecule has 0 bridgehead atoms. The Kier molecular flexibility index (Phi) is 7.61. The minimum atomic E-state index is -0.526. The monoisotopic (exact) mass is 550 g/mol. The van der Waals surface area contributed by atoms with Crippen molar-refractivity contribution in [2.75, 3.05) is 49.3 Å². The Hall–Kier alpha value is -4.57. The lowest BCUT2D eigenvalue weighted by atomic mass is 10.0. The van der Waals surface area contributed by atoms with Crippen LogP contribution in [0.25, 0.3) is 22.3 Å². The van der Waals surface area contributed by atoms with Crippen LogP contribution in [0, 0.1) is 0 Å². The van der Waals surface area contributed by atoms with Crippen molar-refractivity contribution in [2.45, 2.75) is 12.2 Å². The number of ether oxygens (including phenoxy) is 8. The molecule has 2 atom stereocenters. The Bertz CT molecular complexity index is 1590. The molecule has 0 saturated carbocycles. The predicted molar refractivity (Wildman–Crippen MR) is 147 cm³/mol. The molecule has 0 saturated heterocycles. The fourth-order valence-electron chi connectivity index (χ4n) is 4.77. The van der Waals surface area contributed by atoms with Crippen LogP contribution in [0.4, 0.5) is 0 Å². The molecule has 4 aromatic rings. The summed E-state index contributed by atoms with van der Waals surface area (Å²) in [4.78, 5) is 13.5. The number of fused-ring (bicyclic) bond motifs is 2. The van der Waals surface area contributed by atoms with Crippen LogP contribution in [0.15, 0.2) is 57.7 Å². The molecular formula is C30H30O10. The van der Waals surface area contributed by atoms with Gasteiger partial charge < -0.3 is 42.3 Å². The van der Waals surface area contributed by atoms with Crippen LogP contribution in [0.3, 0.4) is 0 Å². The summed E-state index contributed by atoms with van der Waals surface area (Å²) in [6, 6.07) is 14.1. The highest BCUT2D eigenvalue weighted by atomic mass is 16.6. The van der Waals surface area contributed by atoms with E-state index in [0.29, 0.717) is 40.1 Å². The Morgan fingerprint density at radius 1 is 0.725 bits per heavy atom. The van der Waals surface area contributed by atoms with Gasteiger partial charge in [0.25, 0.3) is 0 Å². The Labute approximate surface area is 230 Å². The van der Waals surface area contributed by atoms with Gasteiger partial charge in [0.1, 0.15) is 22.5 Å². The smallest absolute Gasteiger partial charge is 0.239 e. The molecule has 0 spiro atoms. The van der Waals surface area contributed by atoms with Gasteiger partial charge in [0.05, 0.1) is 42.2 Å². The maximum atomic E-state index is 13.5. The van der Waals surface area contributed by atoms with Crippen LogP contribution < -0.4 is 38.6 Å². The zero-order valence-electron chi connectivity index (χ0n) is 23.1. The second kappa shape index (κ2) is 11.3. The molecule has 10 nitrogen and oxygen atoms in total. The fraction of sp³-hybridized carbons (Fsp3) is 0.300. The van der Waals surface area contributed by atoms with Crippen molar-refractivity contribution in [1.82, 2.24) is 0 Å². The third kappa shape index (κ3) is 4.71. The lowest BCUT2D eigenvalue weighted by molar-refractivity contribution is -0.0239. The molecule has 1 aliphatic heterocycles. The topological polar surface area (TPSA) is 104 Å². The minimum absolute atomic E-state index is 0.0290. The first-order chi connectivity index (χ1) is 19.5. The van der Waals surface area contributed by atoms with Gasteiger partial charge in [-0.05, 0) is 30.3 Å². The summed E-state index contributed by atoms with van der Waals surface area (Å²) in [5.41, 5.74) is 1.27. The van der Waals surface area contributed by atoms with Gasteiger partial charge in [-0.25, -0.2) is 0 Å². The van der Waals surface area contributed by atoms with Gasteiger partial charge in [0.15, 0.2) is 41.0 Å². The van der Waals surface area contributed by atoms with Crippen molar-refractivity contribution in [3.05, 3.63) is 64.3 Å². The number of hydrogen-bond acceptors (Lipinski definition) is 10.